The van der Waals surface area contributed by atoms with Crippen LogP contribution in [0.1, 0.15) is 62.5 Å². The maximum absolute atomic E-state index is 14.2. The van der Waals surface area contributed by atoms with Crippen LogP contribution < -0.4 is 15.4 Å². The van der Waals surface area contributed by atoms with Gasteiger partial charge in [-0.25, -0.2) is 0 Å². The standard InChI is InChI=1S/C31H33BrN2O7/c1-30(2,3)41-28(36)26-25(18-11-13-19(14-12-18)39-17-7-10-24(35)38-4)31(27(34-26)22-15-16-23(32)40-22)20-8-5-6-9-21(20)33-29(31)37/h5-6,8-9,11-16,25-27,34H,7,10,17H2,1-4H3,(H,33,37)/t25-,26+,27-,31+/m1/s1. The summed E-state index contributed by atoms with van der Waals surface area (Å²) in [5.41, 5.74) is 0.262. The Labute approximate surface area is 247 Å². The van der Waals surface area contributed by atoms with Gasteiger partial charge in [-0.1, -0.05) is 30.3 Å². The molecule has 0 saturated carbocycles. The number of amides is 1. The third kappa shape index (κ3) is 5.50. The Kier molecular flexibility index (Phi) is 7.98. The number of carbonyl (C=O) groups is 3. The second-order valence-corrected chi connectivity index (χ2v) is 12.0. The summed E-state index contributed by atoms with van der Waals surface area (Å²) in [6, 6.07) is 16.9. The summed E-state index contributed by atoms with van der Waals surface area (Å²) in [7, 11) is 1.36. The van der Waals surface area contributed by atoms with Crippen molar-refractivity contribution in [3.63, 3.8) is 0 Å². The Morgan fingerprint density at radius 3 is 2.44 bits per heavy atom. The van der Waals surface area contributed by atoms with E-state index in [1.807, 2.05) is 69.3 Å². The first-order chi connectivity index (χ1) is 19.5. The van der Waals surface area contributed by atoms with Gasteiger partial charge < -0.3 is 23.9 Å². The molecule has 0 bridgehead atoms. The van der Waals surface area contributed by atoms with Gasteiger partial charge in [-0.2, -0.15) is 0 Å². The third-order valence-corrected chi connectivity index (χ3v) is 7.85. The van der Waals surface area contributed by atoms with Crippen molar-refractivity contribution < 1.29 is 33.0 Å². The SMILES string of the molecule is COC(=O)CCCOc1ccc([C@@H]2[C@@H](C(=O)OC(C)(C)C)N[C@H](c3ccc(Br)o3)[C@@]23C(=O)Nc2ccccc23)cc1. The van der Waals surface area contributed by atoms with Gasteiger partial charge in [-0.05, 0) is 84.6 Å². The van der Waals surface area contributed by atoms with Crippen molar-refractivity contribution >= 4 is 39.5 Å². The fraction of sp³-hybridized carbons (Fsp3) is 0.387. The molecular weight excluding hydrogens is 592 g/mol. The normalized spacial score (nSPS) is 23.2. The van der Waals surface area contributed by atoms with E-state index in [9.17, 15) is 14.4 Å². The van der Waals surface area contributed by atoms with Gasteiger partial charge >= 0.3 is 11.9 Å². The lowest BCUT2D eigenvalue weighted by Crippen LogP contribution is -2.44. The van der Waals surface area contributed by atoms with Crippen LogP contribution in [0.25, 0.3) is 0 Å². The third-order valence-electron chi connectivity index (χ3n) is 7.42. The van der Waals surface area contributed by atoms with E-state index in [-0.39, 0.29) is 18.3 Å². The van der Waals surface area contributed by atoms with Crippen LogP contribution >= 0.6 is 15.9 Å². The molecule has 1 aromatic heterocycles. The number of anilines is 1. The largest absolute Gasteiger partial charge is 0.494 e. The predicted molar refractivity (Wildman–Crippen MR) is 155 cm³/mol. The molecule has 1 fully saturated rings. The zero-order chi connectivity index (χ0) is 29.4. The zero-order valence-electron chi connectivity index (χ0n) is 23.4. The van der Waals surface area contributed by atoms with Crippen LogP contribution in [0, 0.1) is 0 Å². The molecule has 1 amide bonds. The number of fused-ring (bicyclic) bond motifs is 2. The van der Waals surface area contributed by atoms with Gasteiger partial charge in [0.15, 0.2) is 4.67 Å². The number of nitrogens with one attached hydrogen (secondary N) is 2. The molecule has 4 atom stereocenters. The van der Waals surface area contributed by atoms with Crippen molar-refractivity contribution in [3.05, 3.63) is 82.2 Å². The number of carbonyl (C=O) groups excluding carboxylic acids is 3. The van der Waals surface area contributed by atoms with E-state index in [2.05, 4.69) is 31.3 Å². The van der Waals surface area contributed by atoms with E-state index in [1.165, 1.54) is 7.11 Å². The summed E-state index contributed by atoms with van der Waals surface area (Å²) in [6.07, 6.45) is 0.781. The Morgan fingerprint density at radius 1 is 1.05 bits per heavy atom. The number of halogens is 1. The second-order valence-electron chi connectivity index (χ2n) is 11.2. The molecule has 10 heteroatoms. The van der Waals surface area contributed by atoms with E-state index in [0.717, 1.165) is 11.1 Å². The van der Waals surface area contributed by atoms with Crippen molar-refractivity contribution in [3.8, 4) is 5.75 Å². The summed E-state index contributed by atoms with van der Waals surface area (Å²) in [6.45, 7) is 5.79. The average Bonchev–Trinajstić information content (AvgIpc) is 3.60. The Morgan fingerprint density at radius 2 is 1.78 bits per heavy atom. The van der Waals surface area contributed by atoms with Crippen molar-refractivity contribution in [1.82, 2.24) is 5.32 Å². The van der Waals surface area contributed by atoms with Crippen LogP contribution in [0.15, 0.2) is 69.8 Å². The number of benzene rings is 2. The number of para-hydroxylation sites is 1. The number of hydrogen-bond acceptors (Lipinski definition) is 8. The molecule has 2 aromatic carbocycles. The lowest BCUT2D eigenvalue weighted by molar-refractivity contribution is -0.157. The van der Waals surface area contributed by atoms with Gasteiger partial charge in [-0.15, -0.1) is 0 Å². The van der Waals surface area contributed by atoms with Crippen molar-refractivity contribution in [2.75, 3.05) is 19.0 Å². The fourth-order valence-corrected chi connectivity index (χ4v) is 6.16. The zero-order valence-corrected chi connectivity index (χ0v) is 24.9. The molecule has 3 aromatic rings. The first kappa shape index (κ1) is 28.9. The molecule has 1 spiro atoms. The minimum Gasteiger partial charge on any atom is -0.494 e. The lowest BCUT2D eigenvalue weighted by Gasteiger charge is -2.34. The summed E-state index contributed by atoms with van der Waals surface area (Å²) >= 11 is 3.39. The number of rotatable bonds is 8. The Balaban J connectivity index is 1.58. The first-order valence-electron chi connectivity index (χ1n) is 13.5. The maximum Gasteiger partial charge on any atom is 0.324 e. The molecule has 0 radical (unpaired) electrons. The van der Waals surface area contributed by atoms with E-state index in [1.54, 1.807) is 12.1 Å². The molecular formula is C31H33BrN2O7. The number of hydrogen-bond donors (Lipinski definition) is 2. The number of furan rings is 1. The summed E-state index contributed by atoms with van der Waals surface area (Å²) in [5.74, 6) is -0.508. The summed E-state index contributed by atoms with van der Waals surface area (Å²) in [4.78, 5) is 39.4. The topological polar surface area (TPSA) is 116 Å². The molecule has 0 unspecified atom stereocenters. The quantitative estimate of drug-likeness (QED) is 0.253. The second kappa shape index (κ2) is 11.3. The highest BCUT2D eigenvalue weighted by molar-refractivity contribution is 9.10. The number of esters is 2. The molecule has 1 saturated heterocycles. The van der Waals surface area contributed by atoms with Crippen LogP contribution in [0.5, 0.6) is 5.75 Å². The molecule has 2 aliphatic rings. The monoisotopic (exact) mass is 624 g/mol. The van der Waals surface area contributed by atoms with Gasteiger partial charge in [-0.3, -0.25) is 19.7 Å². The van der Waals surface area contributed by atoms with Gasteiger partial charge in [0, 0.05) is 18.0 Å². The van der Waals surface area contributed by atoms with Crippen LogP contribution in [-0.2, 0) is 29.3 Å². The number of methoxy groups -OCH3 is 1. The maximum atomic E-state index is 14.2. The van der Waals surface area contributed by atoms with Crippen LogP contribution in [0.4, 0.5) is 5.69 Å². The minimum atomic E-state index is -1.22. The predicted octanol–water partition coefficient (Wildman–Crippen LogP) is 5.40. The highest BCUT2D eigenvalue weighted by Crippen LogP contribution is 2.59. The van der Waals surface area contributed by atoms with Gasteiger partial charge in [0.2, 0.25) is 5.91 Å². The van der Waals surface area contributed by atoms with Gasteiger partial charge in [0.25, 0.3) is 0 Å². The summed E-state index contributed by atoms with van der Waals surface area (Å²) < 4.78 is 22.9. The highest BCUT2D eigenvalue weighted by atomic mass is 79.9. The van der Waals surface area contributed by atoms with Crippen molar-refractivity contribution in [2.45, 2.75) is 62.6 Å². The smallest absolute Gasteiger partial charge is 0.324 e. The van der Waals surface area contributed by atoms with Crippen LogP contribution in [-0.4, -0.2) is 43.2 Å². The summed E-state index contributed by atoms with van der Waals surface area (Å²) in [5, 5.41) is 6.50. The van der Waals surface area contributed by atoms with E-state index >= 15 is 0 Å². The van der Waals surface area contributed by atoms with Crippen LogP contribution in [0.3, 0.4) is 0 Å². The van der Waals surface area contributed by atoms with Gasteiger partial charge in [0.05, 0.1) is 19.8 Å². The van der Waals surface area contributed by atoms with Crippen molar-refractivity contribution in [2.24, 2.45) is 0 Å². The van der Waals surface area contributed by atoms with Crippen LogP contribution in [0.2, 0.25) is 0 Å². The van der Waals surface area contributed by atoms with E-state index < -0.39 is 35.0 Å². The molecule has 2 N–H and O–H groups in total. The Bertz CT molecular complexity index is 1450. The molecule has 5 rings (SSSR count). The molecule has 2 aliphatic heterocycles. The van der Waals surface area contributed by atoms with Gasteiger partial charge in [0.1, 0.15) is 28.6 Å². The first-order valence-corrected chi connectivity index (χ1v) is 14.3. The fourth-order valence-electron chi connectivity index (χ4n) is 5.84. The minimum absolute atomic E-state index is 0.233. The number of ether oxygens (including phenoxy) is 3. The Hall–Kier alpha value is -3.63. The highest BCUT2D eigenvalue weighted by Gasteiger charge is 2.67. The molecule has 216 valence electrons. The van der Waals surface area contributed by atoms with E-state index in [0.29, 0.717) is 34.9 Å². The molecule has 9 nitrogen and oxygen atoms in total. The van der Waals surface area contributed by atoms with Crippen molar-refractivity contribution in [1.29, 1.82) is 0 Å². The molecule has 41 heavy (non-hydrogen) atoms. The van der Waals surface area contributed by atoms with E-state index in [4.69, 9.17) is 13.9 Å². The average molecular weight is 626 g/mol. The lowest BCUT2D eigenvalue weighted by atomic mass is 9.64. The molecule has 3 heterocycles. The molecule has 0 aliphatic carbocycles.